The van der Waals surface area contributed by atoms with Crippen LogP contribution in [0.2, 0.25) is 0 Å². The zero-order valence-electron chi connectivity index (χ0n) is 20.8. The first-order valence-corrected chi connectivity index (χ1v) is 13.5. The molecule has 33 heavy (non-hydrogen) atoms. The van der Waals surface area contributed by atoms with E-state index in [1.165, 1.54) is 31.2 Å². The number of aryl methyl sites for hydroxylation is 1. The van der Waals surface area contributed by atoms with Crippen LogP contribution in [0, 0.1) is 23.6 Å². The van der Waals surface area contributed by atoms with E-state index in [0.717, 1.165) is 81.6 Å². The molecule has 0 aliphatic heterocycles. The number of halogens is 3. The van der Waals surface area contributed by atoms with Gasteiger partial charge in [-0.05, 0) is 131 Å². The Balaban J connectivity index is 0.000000235. The van der Waals surface area contributed by atoms with E-state index in [1.807, 2.05) is 13.0 Å². The van der Waals surface area contributed by atoms with Crippen molar-refractivity contribution in [1.29, 1.82) is 0 Å². The first kappa shape index (κ1) is 26.6. The summed E-state index contributed by atoms with van der Waals surface area (Å²) in [6.07, 6.45) is 14.5. The van der Waals surface area contributed by atoms with Crippen molar-refractivity contribution < 1.29 is 17.9 Å². The maximum Gasteiger partial charge on any atom is 0.126 e. The van der Waals surface area contributed by atoms with Crippen LogP contribution in [0.1, 0.15) is 107 Å². The van der Waals surface area contributed by atoms with Crippen LogP contribution in [-0.2, 0) is 11.2 Å². The van der Waals surface area contributed by atoms with Crippen molar-refractivity contribution >= 4 is 0 Å². The molecule has 1 aromatic carbocycles. The molecule has 1 aromatic rings. The Morgan fingerprint density at radius 2 is 1.45 bits per heavy atom. The van der Waals surface area contributed by atoms with Gasteiger partial charge in [-0.25, -0.2) is 8.78 Å². The fraction of sp³-hybridized carbons (Fsp3) is 0.793. The van der Waals surface area contributed by atoms with Crippen LogP contribution in [0.3, 0.4) is 0 Å². The van der Waals surface area contributed by atoms with Crippen molar-refractivity contribution in [2.75, 3.05) is 13.8 Å². The monoisotopic (exact) mass is 466 g/mol. The average molecular weight is 467 g/mol. The van der Waals surface area contributed by atoms with Gasteiger partial charge in [0.25, 0.3) is 0 Å². The smallest absolute Gasteiger partial charge is 0.126 e. The molecule has 3 saturated carbocycles. The molecular formula is C29H45F3O. The van der Waals surface area contributed by atoms with Crippen molar-refractivity contribution in [2.45, 2.75) is 115 Å². The van der Waals surface area contributed by atoms with E-state index in [0.29, 0.717) is 17.9 Å². The molecule has 1 nitrogen and oxygen atoms in total. The van der Waals surface area contributed by atoms with Crippen LogP contribution in [0.15, 0.2) is 18.2 Å². The standard InChI is InChI=1S/C20H28F2.C9H17FO/c1-2-14-3-8-18(13-20(14)22)17-6-4-15(5-7-17)16-9-11-19(21)12-10-16;1-11-9-4-2-8(3-5-9)6-7-10/h3,8,13,15-17,19H,2,4-7,9-12H2,1H3;8-9H,2-7H2,1H3. The Bertz CT molecular complexity index is 669. The van der Waals surface area contributed by atoms with Crippen molar-refractivity contribution in [1.82, 2.24) is 0 Å². The van der Waals surface area contributed by atoms with Crippen LogP contribution < -0.4 is 0 Å². The normalized spacial score (nSPS) is 32.6. The number of hydrogen-bond acceptors (Lipinski definition) is 1. The minimum Gasteiger partial charge on any atom is -0.381 e. The zero-order valence-corrected chi connectivity index (χ0v) is 20.8. The largest absolute Gasteiger partial charge is 0.381 e. The molecule has 0 spiro atoms. The quantitative estimate of drug-likeness (QED) is 0.407. The molecule has 0 radical (unpaired) electrons. The second kappa shape index (κ2) is 13.8. The number of alkyl halides is 2. The molecule has 0 bridgehead atoms. The minimum absolute atomic E-state index is 0.0385. The molecule has 0 aromatic heterocycles. The van der Waals surface area contributed by atoms with E-state index in [1.54, 1.807) is 13.2 Å². The maximum absolute atomic E-state index is 14.0. The SMILES string of the molecule is CCc1ccc(C2CCC(C3CCC(F)CC3)CC2)cc1F.COC1CCC(CCF)CC1. The lowest BCUT2D eigenvalue weighted by atomic mass is 9.69. The molecule has 0 unspecified atom stereocenters. The first-order chi connectivity index (χ1) is 16.0. The van der Waals surface area contributed by atoms with Gasteiger partial charge in [0, 0.05) is 7.11 Å². The highest BCUT2D eigenvalue weighted by molar-refractivity contribution is 5.27. The van der Waals surface area contributed by atoms with E-state index in [4.69, 9.17) is 4.74 Å². The molecule has 3 aliphatic carbocycles. The number of rotatable bonds is 6. The van der Waals surface area contributed by atoms with Gasteiger partial charge in [-0.2, -0.15) is 0 Å². The summed E-state index contributed by atoms with van der Waals surface area (Å²) in [7, 11) is 1.76. The van der Waals surface area contributed by atoms with Gasteiger partial charge in [-0.3, -0.25) is 4.39 Å². The summed E-state index contributed by atoms with van der Waals surface area (Å²) < 4.78 is 44.4. The predicted octanol–water partition coefficient (Wildman–Crippen LogP) is 8.74. The van der Waals surface area contributed by atoms with Gasteiger partial charge >= 0.3 is 0 Å². The predicted molar refractivity (Wildman–Crippen MR) is 131 cm³/mol. The van der Waals surface area contributed by atoms with Gasteiger partial charge in [-0.1, -0.05) is 19.1 Å². The summed E-state index contributed by atoms with van der Waals surface area (Å²) in [5, 5.41) is 0. The summed E-state index contributed by atoms with van der Waals surface area (Å²) in [6.45, 7) is 1.84. The lowest BCUT2D eigenvalue weighted by molar-refractivity contribution is 0.0545. The number of ether oxygens (including phenoxy) is 1. The molecular weight excluding hydrogens is 421 g/mol. The van der Waals surface area contributed by atoms with E-state index < -0.39 is 6.17 Å². The van der Waals surface area contributed by atoms with Crippen LogP contribution in [0.5, 0.6) is 0 Å². The third-order valence-corrected chi connectivity index (χ3v) is 8.71. The van der Waals surface area contributed by atoms with E-state index >= 15 is 0 Å². The Hall–Kier alpha value is -1.03. The Morgan fingerprint density at radius 3 is 1.97 bits per heavy atom. The minimum atomic E-state index is -0.548. The summed E-state index contributed by atoms with van der Waals surface area (Å²) in [4.78, 5) is 0. The summed E-state index contributed by atoms with van der Waals surface area (Å²) >= 11 is 0. The zero-order chi connectivity index (χ0) is 23.6. The second-order valence-corrected chi connectivity index (χ2v) is 10.7. The highest BCUT2D eigenvalue weighted by Gasteiger charge is 2.31. The molecule has 0 heterocycles. The maximum atomic E-state index is 14.0. The van der Waals surface area contributed by atoms with Gasteiger partial charge in [-0.15, -0.1) is 0 Å². The average Bonchev–Trinajstić information content (AvgIpc) is 2.86. The van der Waals surface area contributed by atoms with Crippen LogP contribution in [0.25, 0.3) is 0 Å². The molecule has 3 fully saturated rings. The number of benzene rings is 1. The van der Waals surface area contributed by atoms with Crippen LogP contribution in [-0.4, -0.2) is 26.1 Å². The van der Waals surface area contributed by atoms with Gasteiger partial charge < -0.3 is 4.74 Å². The lowest BCUT2D eigenvalue weighted by Gasteiger charge is -2.36. The molecule has 3 aliphatic rings. The van der Waals surface area contributed by atoms with Crippen LogP contribution >= 0.6 is 0 Å². The van der Waals surface area contributed by atoms with Crippen molar-refractivity contribution in [3.63, 3.8) is 0 Å². The van der Waals surface area contributed by atoms with Gasteiger partial charge in [0.2, 0.25) is 0 Å². The molecule has 0 amide bonds. The molecule has 188 valence electrons. The summed E-state index contributed by atoms with van der Waals surface area (Å²) in [6, 6.07) is 5.85. The van der Waals surface area contributed by atoms with E-state index in [-0.39, 0.29) is 12.5 Å². The number of methoxy groups -OCH3 is 1. The van der Waals surface area contributed by atoms with E-state index in [2.05, 4.69) is 6.07 Å². The lowest BCUT2D eigenvalue weighted by Crippen LogP contribution is -2.25. The van der Waals surface area contributed by atoms with Gasteiger partial charge in [0.1, 0.15) is 12.0 Å². The third kappa shape index (κ3) is 8.01. The second-order valence-electron chi connectivity index (χ2n) is 10.7. The third-order valence-electron chi connectivity index (χ3n) is 8.71. The highest BCUT2D eigenvalue weighted by atomic mass is 19.1. The summed E-state index contributed by atoms with van der Waals surface area (Å²) in [5.41, 5.74) is 2.00. The molecule has 0 atom stereocenters. The van der Waals surface area contributed by atoms with E-state index in [9.17, 15) is 13.2 Å². The number of hydrogen-bond donors (Lipinski definition) is 0. The topological polar surface area (TPSA) is 9.23 Å². The summed E-state index contributed by atoms with van der Waals surface area (Å²) in [5.74, 6) is 2.64. The Kier molecular flexibility index (Phi) is 11.1. The highest BCUT2D eigenvalue weighted by Crippen LogP contribution is 2.43. The molecule has 4 rings (SSSR count). The fourth-order valence-corrected chi connectivity index (χ4v) is 6.39. The molecule has 0 saturated heterocycles. The van der Waals surface area contributed by atoms with Crippen molar-refractivity contribution in [3.05, 3.63) is 35.1 Å². The molecule has 0 N–H and O–H groups in total. The van der Waals surface area contributed by atoms with Crippen molar-refractivity contribution in [3.8, 4) is 0 Å². The van der Waals surface area contributed by atoms with Gasteiger partial charge in [0.15, 0.2) is 0 Å². The van der Waals surface area contributed by atoms with Crippen molar-refractivity contribution in [2.24, 2.45) is 17.8 Å². The Morgan fingerprint density at radius 1 is 0.848 bits per heavy atom. The fourth-order valence-electron chi connectivity index (χ4n) is 6.39. The first-order valence-electron chi connectivity index (χ1n) is 13.5. The van der Waals surface area contributed by atoms with Crippen LogP contribution in [0.4, 0.5) is 13.2 Å². The molecule has 4 heteroatoms. The Labute approximate surface area is 199 Å². The van der Waals surface area contributed by atoms with Gasteiger partial charge in [0.05, 0.1) is 12.8 Å².